The number of aliphatic carboxylic acids is 1. The molecule has 60 valence electrons. The van der Waals surface area contributed by atoms with Crippen molar-refractivity contribution in [1.29, 1.82) is 0 Å². The monoisotopic (exact) mass is 154 g/mol. The molecular formula is C7H10N2O2. The zero-order valence-corrected chi connectivity index (χ0v) is 6.46. The van der Waals surface area contributed by atoms with Gasteiger partial charge in [0, 0.05) is 0 Å². The highest BCUT2D eigenvalue weighted by molar-refractivity contribution is 5.90. The number of rotatable bonds is 1. The van der Waals surface area contributed by atoms with Crippen molar-refractivity contribution in [3.05, 3.63) is 11.3 Å². The molecule has 1 aliphatic heterocycles. The van der Waals surface area contributed by atoms with E-state index in [1.165, 1.54) is 6.34 Å². The first-order chi connectivity index (χ1) is 5.13. The van der Waals surface area contributed by atoms with Gasteiger partial charge in [0.25, 0.3) is 0 Å². The zero-order valence-electron chi connectivity index (χ0n) is 6.46. The first-order valence-electron chi connectivity index (χ1n) is 3.35. The summed E-state index contributed by atoms with van der Waals surface area (Å²) in [6.45, 7) is 3.48. The van der Waals surface area contributed by atoms with E-state index in [0.717, 1.165) is 0 Å². The molecule has 0 saturated heterocycles. The van der Waals surface area contributed by atoms with E-state index >= 15 is 0 Å². The molecule has 0 aliphatic carbocycles. The van der Waals surface area contributed by atoms with Crippen LogP contribution in [-0.4, -0.2) is 23.5 Å². The molecule has 0 radical (unpaired) electrons. The Morgan fingerprint density at radius 3 is 2.82 bits per heavy atom. The summed E-state index contributed by atoms with van der Waals surface area (Å²) in [7, 11) is 0. The Hall–Kier alpha value is -1.32. The summed E-state index contributed by atoms with van der Waals surface area (Å²) >= 11 is 0. The molecule has 4 heteroatoms. The Morgan fingerprint density at radius 1 is 1.82 bits per heavy atom. The summed E-state index contributed by atoms with van der Waals surface area (Å²) in [6.07, 6.45) is 1.52. The fourth-order valence-corrected chi connectivity index (χ4v) is 1.05. The fraction of sp³-hybridized carbons (Fsp3) is 0.429. The molecule has 11 heavy (non-hydrogen) atoms. The van der Waals surface area contributed by atoms with E-state index in [9.17, 15) is 4.79 Å². The molecule has 1 aliphatic rings. The Labute approximate surface area is 64.6 Å². The Balaban J connectivity index is 3.01. The molecule has 1 rings (SSSR count). The molecule has 2 N–H and O–H groups in total. The molecule has 0 aromatic heterocycles. The summed E-state index contributed by atoms with van der Waals surface area (Å²) < 4.78 is 0. The van der Waals surface area contributed by atoms with Crippen LogP contribution >= 0.6 is 0 Å². The van der Waals surface area contributed by atoms with Gasteiger partial charge in [-0.15, -0.1) is 0 Å². The van der Waals surface area contributed by atoms with E-state index in [4.69, 9.17) is 5.11 Å². The van der Waals surface area contributed by atoms with Gasteiger partial charge in [-0.25, -0.2) is 9.79 Å². The largest absolute Gasteiger partial charge is 0.478 e. The number of nitrogens with zero attached hydrogens (tertiary/aromatic N) is 1. The molecule has 1 heterocycles. The van der Waals surface area contributed by atoms with Crippen molar-refractivity contribution in [2.75, 3.05) is 0 Å². The van der Waals surface area contributed by atoms with Crippen LogP contribution in [0.25, 0.3) is 0 Å². The van der Waals surface area contributed by atoms with Gasteiger partial charge in [-0.1, -0.05) is 0 Å². The average Bonchev–Trinajstić information content (AvgIpc) is 1.85. The number of carboxylic acid groups (broad SMARTS) is 1. The van der Waals surface area contributed by atoms with Gasteiger partial charge in [-0.3, -0.25) is 0 Å². The highest BCUT2D eigenvalue weighted by atomic mass is 16.4. The minimum atomic E-state index is -0.903. The molecule has 4 nitrogen and oxygen atoms in total. The predicted octanol–water partition coefficient (Wildman–Crippen LogP) is 0.365. The summed E-state index contributed by atoms with van der Waals surface area (Å²) in [4.78, 5) is 14.4. The van der Waals surface area contributed by atoms with Crippen LogP contribution in [0.2, 0.25) is 0 Å². The molecule has 0 fully saturated rings. The predicted molar refractivity (Wildman–Crippen MR) is 41.4 cm³/mol. The van der Waals surface area contributed by atoms with Gasteiger partial charge < -0.3 is 10.4 Å². The lowest BCUT2D eigenvalue weighted by Crippen LogP contribution is -2.33. The minimum absolute atomic E-state index is 0.148. The van der Waals surface area contributed by atoms with Gasteiger partial charge in [-0.05, 0) is 13.8 Å². The highest BCUT2D eigenvalue weighted by Crippen LogP contribution is 2.12. The molecule has 0 spiro atoms. The topological polar surface area (TPSA) is 61.7 Å². The number of carbonyl (C=O) groups is 1. The van der Waals surface area contributed by atoms with Gasteiger partial charge >= 0.3 is 5.97 Å². The summed E-state index contributed by atoms with van der Waals surface area (Å²) in [5, 5.41) is 11.5. The van der Waals surface area contributed by atoms with Crippen molar-refractivity contribution < 1.29 is 9.90 Å². The minimum Gasteiger partial charge on any atom is -0.478 e. The highest BCUT2D eigenvalue weighted by Gasteiger charge is 2.20. The SMILES string of the molecule is CC1=C(C(=O)O)C(C)NC=N1. The third-order valence-corrected chi connectivity index (χ3v) is 1.64. The lowest BCUT2D eigenvalue weighted by atomic mass is 10.1. The van der Waals surface area contributed by atoms with Crippen molar-refractivity contribution >= 4 is 12.3 Å². The standard InChI is InChI=1S/C7H10N2O2/c1-4-6(7(10)11)5(2)9-3-8-4/h3-4H,1-2H3,(H,8,9)(H,10,11). The average molecular weight is 154 g/mol. The first kappa shape index (κ1) is 7.78. The van der Waals surface area contributed by atoms with Crippen molar-refractivity contribution in [2.45, 2.75) is 19.9 Å². The second-order valence-corrected chi connectivity index (χ2v) is 2.45. The van der Waals surface area contributed by atoms with E-state index in [1.54, 1.807) is 13.8 Å². The second-order valence-electron chi connectivity index (χ2n) is 2.45. The number of hydrogen-bond acceptors (Lipinski definition) is 3. The third kappa shape index (κ3) is 1.39. The molecule has 0 aromatic carbocycles. The molecule has 1 atom stereocenters. The van der Waals surface area contributed by atoms with E-state index < -0.39 is 5.97 Å². The molecule has 0 aromatic rings. The molecule has 1 unspecified atom stereocenters. The normalized spacial score (nSPS) is 23.3. The van der Waals surface area contributed by atoms with E-state index in [0.29, 0.717) is 11.3 Å². The Bertz CT molecular complexity index is 243. The molecular weight excluding hydrogens is 144 g/mol. The molecule has 0 saturated carbocycles. The Morgan fingerprint density at radius 2 is 2.45 bits per heavy atom. The van der Waals surface area contributed by atoms with Crippen LogP contribution in [0.4, 0.5) is 0 Å². The molecule has 0 bridgehead atoms. The van der Waals surface area contributed by atoms with Crippen molar-refractivity contribution in [3.8, 4) is 0 Å². The van der Waals surface area contributed by atoms with Gasteiger partial charge in [-0.2, -0.15) is 0 Å². The first-order valence-corrected chi connectivity index (χ1v) is 3.35. The van der Waals surface area contributed by atoms with Crippen molar-refractivity contribution in [1.82, 2.24) is 5.32 Å². The van der Waals surface area contributed by atoms with Crippen LogP contribution in [0.15, 0.2) is 16.3 Å². The third-order valence-electron chi connectivity index (χ3n) is 1.64. The zero-order chi connectivity index (χ0) is 8.43. The van der Waals surface area contributed by atoms with Crippen molar-refractivity contribution in [2.24, 2.45) is 4.99 Å². The van der Waals surface area contributed by atoms with E-state index in [2.05, 4.69) is 10.3 Å². The van der Waals surface area contributed by atoms with Crippen LogP contribution < -0.4 is 5.32 Å². The summed E-state index contributed by atoms with van der Waals surface area (Å²) in [6, 6.07) is -0.148. The summed E-state index contributed by atoms with van der Waals surface area (Å²) in [5.41, 5.74) is 0.913. The Kier molecular flexibility index (Phi) is 1.94. The van der Waals surface area contributed by atoms with Crippen LogP contribution in [-0.2, 0) is 4.79 Å². The summed E-state index contributed by atoms with van der Waals surface area (Å²) in [5.74, 6) is -0.903. The lowest BCUT2D eigenvalue weighted by Gasteiger charge is -2.17. The van der Waals surface area contributed by atoms with E-state index in [1.807, 2.05) is 0 Å². The number of hydrogen-bond donors (Lipinski definition) is 2. The van der Waals surface area contributed by atoms with Crippen LogP contribution in [0.1, 0.15) is 13.8 Å². The van der Waals surface area contributed by atoms with Gasteiger partial charge in [0.05, 0.1) is 23.7 Å². The van der Waals surface area contributed by atoms with Gasteiger partial charge in [0.1, 0.15) is 0 Å². The maximum atomic E-state index is 10.6. The quantitative estimate of drug-likeness (QED) is 0.573. The van der Waals surface area contributed by atoms with E-state index in [-0.39, 0.29) is 6.04 Å². The van der Waals surface area contributed by atoms with Gasteiger partial charge in [0.15, 0.2) is 0 Å². The number of aliphatic imine (C=N–C) groups is 1. The van der Waals surface area contributed by atoms with Crippen LogP contribution in [0.3, 0.4) is 0 Å². The number of carboxylic acids is 1. The second kappa shape index (κ2) is 2.74. The maximum absolute atomic E-state index is 10.6. The van der Waals surface area contributed by atoms with Gasteiger partial charge in [0.2, 0.25) is 0 Å². The van der Waals surface area contributed by atoms with Crippen molar-refractivity contribution in [3.63, 3.8) is 0 Å². The van der Waals surface area contributed by atoms with Crippen LogP contribution in [0.5, 0.6) is 0 Å². The number of allylic oxidation sites excluding steroid dienone is 1. The van der Waals surface area contributed by atoms with Crippen LogP contribution in [0, 0.1) is 0 Å². The number of nitrogens with one attached hydrogen (secondary N) is 1. The maximum Gasteiger partial charge on any atom is 0.335 e. The fourth-order valence-electron chi connectivity index (χ4n) is 1.05. The smallest absolute Gasteiger partial charge is 0.335 e. The molecule has 0 amide bonds. The lowest BCUT2D eigenvalue weighted by molar-refractivity contribution is -0.133.